The quantitative estimate of drug-likeness (QED) is 0.509. The lowest BCUT2D eigenvalue weighted by atomic mass is 9.96. The first-order valence-electron chi connectivity index (χ1n) is 7.57. The zero-order valence-electron chi connectivity index (χ0n) is 13.9. The van der Waals surface area contributed by atoms with E-state index in [0.29, 0.717) is 23.8 Å². The molecule has 2 N–H and O–H groups in total. The number of hydrogen-bond donors (Lipinski definition) is 2. The minimum absolute atomic E-state index is 0.325. The molecule has 1 atom stereocenters. The molecule has 6 nitrogen and oxygen atoms in total. The number of allylic oxidation sites excluding steroid dienone is 1. The molecule has 0 saturated carbocycles. The van der Waals surface area contributed by atoms with Crippen LogP contribution in [0.5, 0.6) is 0 Å². The molecule has 0 spiro atoms. The highest BCUT2D eigenvalue weighted by molar-refractivity contribution is 5.95. The fraction of sp³-hybridized carbons (Fsp3) is 0.353. The molecule has 23 heavy (non-hydrogen) atoms. The molecule has 1 aromatic carbocycles. The molecular formula is C17H22N4O2. The number of benzene rings is 1. The normalized spacial score (nSPS) is 17.0. The highest BCUT2D eigenvalue weighted by Crippen LogP contribution is 2.30. The monoisotopic (exact) mass is 314 g/mol. The maximum absolute atomic E-state index is 12.3. The lowest BCUT2D eigenvalue weighted by Crippen LogP contribution is -2.39. The van der Waals surface area contributed by atoms with Gasteiger partial charge in [0.2, 0.25) is 5.96 Å². The van der Waals surface area contributed by atoms with E-state index in [1.54, 1.807) is 6.92 Å². The third kappa shape index (κ3) is 4.18. The Hall–Kier alpha value is -2.63. The van der Waals surface area contributed by atoms with Gasteiger partial charge < -0.3 is 10.1 Å². The van der Waals surface area contributed by atoms with Crippen LogP contribution in [0.15, 0.2) is 51.7 Å². The number of ether oxygens (including phenoxy) is 1. The van der Waals surface area contributed by atoms with Crippen molar-refractivity contribution < 1.29 is 9.53 Å². The summed E-state index contributed by atoms with van der Waals surface area (Å²) in [5.41, 5.74) is 5.91. The first-order chi connectivity index (χ1) is 11.0. The molecule has 6 heteroatoms. The highest BCUT2D eigenvalue weighted by Gasteiger charge is 2.30. The van der Waals surface area contributed by atoms with E-state index in [0.717, 1.165) is 11.3 Å². The summed E-state index contributed by atoms with van der Waals surface area (Å²) in [5, 5.41) is 7.22. The van der Waals surface area contributed by atoms with Crippen LogP contribution in [-0.4, -0.2) is 24.2 Å². The number of carbonyl (C=O) groups excluding carboxylic acids is 1. The van der Waals surface area contributed by atoms with E-state index >= 15 is 0 Å². The average Bonchev–Trinajstić information content (AvgIpc) is 2.53. The fourth-order valence-corrected chi connectivity index (χ4v) is 2.25. The fourth-order valence-electron chi connectivity index (χ4n) is 2.25. The standard InChI is InChI=1S/C17H22N4O2/c1-5-23-16(22)14-12(4)18-17(21-20-11(2)3)19-15(14)13-9-7-6-8-10-13/h6-10,15H,5H2,1-4H3,(H2,18,19,21). The number of carbonyl (C=O) groups is 1. The van der Waals surface area contributed by atoms with Crippen molar-refractivity contribution >= 4 is 17.6 Å². The molecule has 0 aliphatic carbocycles. The van der Waals surface area contributed by atoms with Gasteiger partial charge in [0.1, 0.15) is 6.04 Å². The van der Waals surface area contributed by atoms with Crippen LogP contribution in [0.1, 0.15) is 39.3 Å². The van der Waals surface area contributed by atoms with Crippen molar-refractivity contribution in [2.24, 2.45) is 10.1 Å². The van der Waals surface area contributed by atoms with Gasteiger partial charge in [0.15, 0.2) is 0 Å². The van der Waals surface area contributed by atoms with Gasteiger partial charge in [0.05, 0.1) is 12.2 Å². The molecule has 1 heterocycles. The topological polar surface area (TPSA) is 75.1 Å². The number of hydrazone groups is 1. The van der Waals surface area contributed by atoms with Crippen LogP contribution < -0.4 is 10.7 Å². The van der Waals surface area contributed by atoms with Gasteiger partial charge in [-0.05, 0) is 33.3 Å². The van der Waals surface area contributed by atoms with Crippen LogP contribution in [0.4, 0.5) is 0 Å². The number of nitrogens with one attached hydrogen (secondary N) is 2. The Labute approximate surface area is 136 Å². The van der Waals surface area contributed by atoms with Crippen molar-refractivity contribution in [3.8, 4) is 0 Å². The highest BCUT2D eigenvalue weighted by atomic mass is 16.5. The van der Waals surface area contributed by atoms with Crippen LogP contribution in [-0.2, 0) is 9.53 Å². The van der Waals surface area contributed by atoms with Gasteiger partial charge in [-0.2, -0.15) is 5.10 Å². The number of rotatable bonds is 4. The van der Waals surface area contributed by atoms with Gasteiger partial charge in [-0.15, -0.1) is 0 Å². The maximum Gasteiger partial charge on any atom is 0.338 e. The molecule has 0 amide bonds. The molecule has 1 unspecified atom stereocenters. The summed E-state index contributed by atoms with van der Waals surface area (Å²) in [6.07, 6.45) is 0. The summed E-state index contributed by atoms with van der Waals surface area (Å²) >= 11 is 0. The molecule has 1 aromatic rings. The smallest absolute Gasteiger partial charge is 0.338 e. The second kappa shape index (κ2) is 7.58. The Bertz CT molecular complexity index is 658. The van der Waals surface area contributed by atoms with Crippen molar-refractivity contribution in [1.29, 1.82) is 0 Å². The number of guanidine groups is 1. The Balaban J connectivity index is 2.40. The SMILES string of the molecule is CCOC(=O)C1=C(C)NC(NN=C(C)C)=NC1c1ccccc1. The van der Waals surface area contributed by atoms with Crippen LogP contribution in [0.3, 0.4) is 0 Å². The lowest BCUT2D eigenvalue weighted by molar-refractivity contribution is -0.138. The van der Waals surface area contributed by atoms with Crippen molar-refractivity contribution in [3.63, 3.8) is 0 Å². The molecule has 2 rings (SSSR count). The van der Waals surface area contributed by atoms with E-state index in [2.05, 4.69) is 20.8 Å². The molecule has 0 saturated heterocycles. The molecule has 1 aliphatic rings. The van der Waals surface area contributed by atoms with E-state index in [1.807, 2.05) is 51.1 Å². The summed E-state index contributed by atoms with van der Waals surface area (Å²) < 4.78 is 5.18. The van der Waals surface area contributed by atoms with E-state index < -0.39 is 6.04 Å². The van der Waals surface area contributed by atoms with Crippen LogP contribution in [0, 0.1) is 0 Å². The Kier molecular flexibility index (Phi) is 5.51. The molecule has 122 valence electrons. The number of esters is 1. The summed E-state index contributed by atoms with van der Waals surface area (Å²) in [4.78, 5) is 16.9. The Morgan fingerprint density at radius 2 is 2.04 bits per heavy atom. The van der Waals surface area contributed by atoms with Crippen LogP contribution in [0.25, 0.3) is 0 Å². The van der Waals surface area contributed by atoms with E-state index in [4.69, 9.17) is 4.74 Å². The van der Waals surface area contributed by atoms with E-state index in [1.165, 1.54) is 0 Å². The third-order valence-electron chi connectivity index (χ3n) is 3.24. The second-order valence-electron chi connectivity index (χ2n) is 5.35. The maximum atomic E-state index is 12.3. The second-order valence-corrected chi connectivity index (χ2v) is 5.35. The molecular weight excluding hydrogens is 292 g/mol. The third-order valence-corrected chi connectivity index (χ3v) is 3.24. The van der Waals surface area contributed by atoms with Crippen molar-refractivity contribution in [1.82, 2.24) is 10.7 Å². The molecule has 0 fully saturated rings. The van der Waals surface area contributed by atoms with E-state index in [-0.39, 0.29) is 5.97 Å². The lowest BCUT2D eigenvalue weighted by Gasteiger charge is -2.25. The zero-order chi connectivity index (χ0) is 16.8. The first kappa shape index (κ1) is 16.7. The predicted octanol–water partition coefficient (Wildman–Crippen LogP) is 2.51. The van der Waals surface area contributed by atoms with Crippen LogP contribution in [0.2, 0.25) is 0 Å². The summed E-state index contributed by atoms with van der Waals surface area (Å²) in [6, 6.07) is 9.24. The van der Waals surface area contributed by atoms with Gasteiger partial charge in [-0.25, -0.2) is 15.2 Å². The minimum Gasteiger partial charge on any atom is -0.463 e. The summed E-state index contributed by atoms with van der Waals surface area (Å²) in [6.45, 7) is 7.72. The summed E-state index contributed by atoms with van der Waals surface area (Å²) in [7, 11) is 0. The zero-order valence-corrected chi connectivity index (χ0v) is 13.9. The predicted molar refractivity (Wildman–Crippen MR) is 91.0 cm³/mol. The first-order valence-corrected chi connectivity index (χ1v) is 7.57. The number of hydrogen-bond acceptors (Lipinski definition) is 6. The molecule has 0 radical (unpaired) electrons. The summed E-state index contributed by atoms with van der Waals surface area (Å²) in [5.74, 6) is 0.148. The number of aliphatic imine (C=N–C) groups is 1. The van der Waals surface area contributed by atoms with Crippen LogP contribution >= 0.6 is 0 Å². The van der Waals surface area contributed by atoms with Crippen molar-refractivity contribution in [2.75, 3.05) is 6.61 Å². The molecule has 1 aliphatic heterocycles. The van der Waals surface area contributed by atoms with E-state index in [9.17, 15) is 4.79 Å². The van der Waals surface area contributed by atoms with Gasteiger partial charge in [-0.3, -0.25) is 0 Å². The molecule has 0 bridgehead atoms. The van der Waals surface area contributed by atoms with Crippen molar-refractivity contribution in [3.05, 3.63) is 47.2 Å². The average molecular weight is 314 g/mol. The Morgan fingerprint density at radius 1 is 1.35 bits per heavy atom. The van der Waals surface area contributed by atoms with Gasteiger partial charge >= 0.3 is 5.97 Å². The van der Waals surface area contributed by atoms with Gasteiger partial charge in [0, 0.05) is 11.4 Å². The molecule has 0 aromatic heterocycles. The van der Waals surface area contributed by atoms with Gasteiger partial charge in [0.25, 0.3) is 0 Å². The van der Waals surface area contributed by atoms with Crippen molar-refractivity contribution in [2.45, 2.75) is 33.7 Å². The largest absolute Gasteiger partial charge is 0.463 e. The van der Waals surface area contributed by atoms with Gasteiger partial charge in [-0.1, -0.05) is 30.3 Å². The number of nitrogens with zero attached hydrogens (tertiary/aromatic N) is 2. The minimum atomic E-state index is -0.425. The Morgan fingerprint density at radius 3 is 2.65 bits per heavy atom.